The molecule has 1 unspecified atom stereocenters. The third-order valence-corrected chi connectivity index (χ3v) is 3.82. The molecule has 20 heavy (non-hydrogen) atoms. The maximum atomic E-state index is 12.7. The van der Waals surface area contributed by atoms with Gasteiger partial charge in [0.25, 0.3) is 5.91 Å². The molecule has 1 aromatic rings. The molecule has 2 heterocycles. The van der Waals surface area contributed by atoms with E-state index in [0.29, 0.717) is 24.5 Å². The summed E-state index contributed by atoms with van der Waals surface area (Å²) in [6, 6.07) is 1.81. The number of pyridine rings is 1. The van der Waals surface area contributed by atoms with Crippen LogP contribution in [0.5, 0.6) is 0 Å². The molecule has 1 aromatic heterocycles. The van der Waals surface area contributed by atoms with Crippen LogP contribution in [0.2, 0.25) is 0 Å². The van der Waals surface area contributed by atoms with Crippen LogP contribution in [-0.4, -0.2) is 48.6 Å². The van der Waals surface area contributed by atoms with Crippen molar-refractivity contribution >= 4 is 27.7 Å². The number of amides is 1. The number of carbonyl (C=O) groups excluding carboxylic acids is 1. The van der Waals surface area contributed by atoms with Crippen LogP contribution in [-0.2, 0) is 4.74 Å². The molecule has 1 aliphatic rings. The van der Waals surface area contributed by atoms with Crippen molar-refractivity contribution in [1.29, 1.82) is 0 Å². The van der Waals surface area contributed by atoms with E-state index in [1.165, 1.54) is 0 Å². The summed E-state index contributed by atoms with van der Waals surface area (Å²) >= 11 is 3.37. The second-order valence-electron chi connectivity index (χ2n) is 4.77. The minimum atomic E-state index is 0.00699. The van der Waals surface area contributed by atoms with Crippen LogP contribution >= 0.6 is 15.9 Å². The van der Waals surface area contributed by atoms with Crippen molar-refractivity contribution < 1.29 is 9.53 Å². The molecule has 0 aromatic carbocycles. The molecule has 5 nitrogen and oxygen atoms in total. The van der Waals surface area contributed by atoms with E-state index in [4.69, 9.17) is 4.74 Å². The third kappa shape index (κ3) is 3.49. The van der Waals surface area contributed by atoms with Gasteiger partial charge in [-0.1, -0.05) is 0 Å². The van der Waals surface area contributed by atoms with Crippen LogP contribution in [0.15, 0.2) is 16.7 Å². The lowest BCUT2D eigenvalue weighted by atomic mass is 10.1. The Hall–Kier alpha value is -1.14. The molecule has 0 spiro atoms. The summed E-state index contributed by atoms with van der Waals surface area (Å²) in [7, 11) is 1.77. The summed E-state index contributed by atoms with van der Waals surface area (Å²) in [5.74, 6) is 0.615. The lowest BCUT2D eigenvalue weighted by Crippen LogP contribution is -2.43. The van der Waals surface area contributed by atoms with Crippen molar-refractivity contribution in [3.05, 3.63) is 22.3 Å². The average Bonchev–Trinajstić information content (AvgIpc) is 2.47. The quantitative estimate of drug-likeness (QED) is 0.914. The van der Waals surface area contributed by atoms with Gasteiger partial charge in [-0.15, -0.1) is 0 Å². The van der Waals surface area contributed by atoms with Gasteiger partial charge in [0.1, 0.15) is 5.82 Å². The smallest absolute Gasteiger partial charge is 0.257 e. The maximum Gasteiger partial charge on any atom is 0.257 e. The highest BCUT2D eigenvalue weighted by molar-refractivity contribution is 9.10. The lowest BCUT2D eigenvalue weighted by molar-refractivity contribution is 0.00726. The second-order valence-corrected chi connectivity index (χ2v) is 5.69. The summed E-state index contributed by atoms with van der Waals surface area (Å²) in [4.78, 5) is 18.7. The van der Waals surface area contributed by atoms with Gasteiger partial charge in [0.2, 0.25) is 0 Å². The van der Waals surface area contributed by atoms with Crippen molar-refractivity contribution in [3.8, 4) is 0 Å². The number of ether oxygens (including phenoxy) is 1. The first kappa shape index (κ1) is 15.3. The summed E-state index contributed by atoms with van der Waals surface area (Å²) in [6.07, 6.45) is 3.83. The zero-order valence-electron chi connectivity index (χ0n) is 11.9. The summed E-state index contributed by atoms with van der Waals surface area (Å²) < 4.78 is 6.45. The number of aromatic nitrogens is 1. The van der Waals surface area contributed by atoms with E-state index < -0.39 is 0 Å². The predicted octanol–water partition coefficient (Wildman–Crippen LogP) is 2.53. The molecule has 1 aliphatic heterocycles. The molecule has 1 N–H and O–H groups in total. The molecule has 1 amide bonds. The second kappa shape index (κ2) is 7.04. The number of hydrogen-bond donors (Lipinski definition) is 1. The number of nitrogens with one attached hydrogen (secondary N) is 1. The molecule has 1 fully saturated rings. The zero-order valence-corrected chi connectivity index (χ0v) is 13.4. The summed E-state index contributed by atoms with van der Waals surface area (Å²) in [6.45, 7) is 4.10. The Morgan fingerprint density at radius 1 is 1.65 bits per heavy atom. The maximum absolute atomic E-state index is 12.7. The van der Waals surface area contributed by atoms with Gasteiger partial charge in [-0.25, -0.2) is 4.98 Å². The van der Waals surface area contributed by atoms with Gasteiger partial charge in [-0.3, -0.25) is 4.79 Å². The molecule has 110 valence electrons. The first-order valence-electron chi connectivity index (χ1n) is 6.89. The minimum Gasteiger partial charge on any atom is -0.377 e. The number of anilines is 1. The topological polar surface area (TPSA) is 54.5 Å². The van der Waals surface area contributed by atoms with Crippen LogP contribution < -0.4 is 5.32 Å². The number of likely N-dealkylation sites (tertiary alicyclic amines) is 1. The first-order valence-corrected chi connectivity index (χ1v) is 7.69. The highest BCUT2D eigenvalue weighted by Gasteiger charge is 2.26. The fraction of sp³-hybridized carbons (Fsp3) is 0.571. The van der Waals surface area contributed by atoms with Crippen LogP contribution in [0.1, 0.15) is 30.1 Å². The highest BCUT2D eigenvalue weighted by Crippen LogP contribution is 2.22. The van der Waals surface area contributed by atoms with E-state index in [1.54, 1.807) is 13.2 Å². The highest BCUT2D eigenvalue weighted by atomic mass is 79.9. The van der Waals surface area contributed by atoms with Gasteiger partial charge in [0.05, 0.1) is 11.7 Å². The number of nitrogens with zero attached hydrogens (tertiary/aromatic N) is 2. The SMILES string of the molecule is CCOC1CCCN(C(=O)c2cc(Br)cnc2NC)C1. The van der Waals surface area contributed by atoms with E-state index in [-0.39, 0.29) is 12.0 Å². The van der Waals surface area contributed by atoms with Crippen LogP contribution in [0.3, 0.4) is 0 Å². The Kier molecular flexibility index (Phi) is 5.37. The third-order valence-electron chi connectivity index (χ3n) is 3.39. The fourth-order valence-corrected chi connectivity index (χ4v) is 2.80. The fourth-order valence-electron chi connectivity index (χ4n) is 2.47. The molecular weight excluding hydrogens is 322 g/mol. The molecule has 0 saturated carbocycles. The number of hydrogen-bond acceptors (Lipinski definition) is 4. The average molecular weight is 342 g/mol. The number of piperidine rings is 1. The number of halogens is 1. The van der Waals surface area contributed by atoms with E-state index >= 15 is 0 Å². The first-order chi connectivity index (χ1) is 9.65. The van der Waals surface area contributed by atoms with Crippen molar-refractivity contribution in [2.75, 3.05) is 32.1 Å². The Balaban J connectivity index is 2.16. The number of carbonyl (C=O) groups is 1. The van der Waals surface area contributed by atoms with E-state index in [0.717, 1.165) is 23.9 Å². The summed E-state index contributed by atoms with van der Waals surface area (Å²) in [5, 5.41) is 2.97. The molecule has 0 aliphatic carbocycles. The molecule has 0 radical (unpaired) electrons. The van der Waals surface area contributed by atoms with Gasteiger partial charge in [0.15, 0.2) is 0 Å². The van der Waals surface area contributed by atoms with Crippen molar-refractivity contribution in [2.45, 2.75) is 25.9 Å². The standard InChI is InChI=1S/C14H20BrN3O2/c1-3-20-11-5-4-6-18(9-11)14(19)12-7-10(15)8-17-13(12)16-2/h7-8,11H,3-6,9H2,1-2H3,(H,16,17). The van der Waals surface area contributed by atoms with Gasteiger partial charge in [0, 0.05) is 37.4 Å². The van der Waals surface area contributed by atoms with Crippen molar-refractivity contribution in [3.63, 3.8) is 0 Å². The van der Waals surface area contributed by atoms with Gasteiger partial charge in [-0.05, 0) is 41.8 Å². The Bertz CT molecular complexity index is 479. The van der Waals surface area contributed by atoms with E-state index in [9.17, 15) is 4.79 Å². The van der Waals surface area contributed by atoms with Crippen LogP contribution in [0.4, 0.5) is 5.82 Å². The molecule has 2 rings (SSSR count). The zero-order chi connectivity index (χ0) is 14.5. The van der Waals surface area contributed by atoms with Crippen molar-refractivity contribution in [1.82, 2.24) is 9.88 Å². The van der Waals surface area contributed by atoms with Crippen molar-refractivity contribution in [2.24, 2.45) is 0 Å². The molecule has 1 atom stereocenters. The van der Waals surface area contributed by atoms with E-state index in [1.807, 2.05) is 17.9 Å². The Morgan fingerprint density at radius 2 is 2.45 bits per heavy atom. The summed E-state index contributed by atoms with van der Waals surface area (Å²) in [5.41, 5.74) is 0.596. The largest absolute Gasteiger partial charge is 0.377 e. The molecule has 0 bridgehead atoms. The van der Waals surface area contributed by atoms with Crippen LogP contribution in [0, 0.1) is 0 Å². The number of rotatable bonds is 4. The molecule has 1 saturated heterocycles. The monoisotopic (exact) mass is 341 g/mol. The van der Waals surface area contributed by atoms with Gasteiger partial charge < -0.3 is 15.0 Å². The van der Waals surface area contributed by atoms with Crippen LogP contribution in [0.25, 0.3) is 0 Å². The van der Waals surface area contributed by atoms with E-state index in [2.05, 4.69) is 26.2 Å². The Labute approximate surface area is 127 Å². The van der Waals surface area contributed by atoms with Gasteiger partial charge >= 0.3 is 0 Å². The normalized spacial score (nSPS) is 18.9. The Morgan fingerprint density at radius 3 is 3.15 bits per heavy atom. The predicted molar refractivity (Wildman–Crippen MR) is 82.0 cm³/mol. The van der Waals surface area contributed by atoms with Gasteiger partial charge in [-0.2, -0.15) is 0 Å². The molecular formula is C14H20BrN3O2. The minimum absolute atomic E-state index is 0.00699. The molecule has 6 heteroatoms. The lowest BCUT2D eigenvalue weighted by Gasteiger charge is -2.32.